The van der Waals surface area contributed by atoms with Crippen LogP contribution >= 0.6 is 0 Å². The number of hydrazone groups is 1. The van der Waals surface area contributed by atoms with Gasteiger partial charge in [0.05, 0.1) is 21.7 Å². The maximum atomic E-state index is 13.4. The highest BCUT2D eigenvalue weighted by Crippen LogP contribution is 2.28. The summed E-state index contributed by atoms with van der Waals surface area (Å²) in [5.41, 5.74) is 3.27. The van der Waals surface area contributed by atoms with Crippen molar-refractivity contribution in [3.8, 4) is 5.75 Å². The van der Waals surface area contributed by atoms with Crippen molar-refractivity contribution in [2.45, 2.75) is 0 Å². The second-order valence-corrected chi connectivity index (χ2v) is 8.09. The molecule has 8 heteroatoms. The van der Waals surface area contributed by atoms with Gasteiger partial charge in [0.1, 0.15) is 11.5 Å². The number of hydrogen-bond donors (Lipinski definition) is 0. The molecule has 0 atom stereocenters. The predicted molar refractivity (Wildman–Crippen MR) is 139 cm³/mol. The zero-order valence-electron chi connectivity index (χ0n) is 19.4. The van der Waals surface area contributed by atoms with E-state index in [1.54, 1.807) is 30.3 Å². The lowest BCUT2D eigenvalue weighted by Gasteiger charge is -2.11. The fourth-order valence-corrected chi connectivity index (χ4v) is 3.78. The number of esters is 1. The van der Waals surface area contributed by atoms with Crippen molar-refractivity contribution in [2.24, 2.45) is 5.10 Å². The molecule has 0 aromatic heterocycles. The molecule has 180 valence electrons. The van der Waals surface area contributed by atoms with E-state index in [-0.39, 0.29) is 17.2 Å². The number of non-ortho nitro benzene ring substituents is 1. The molecule has 0 unspecified atom stereocenters. The molecule has 0 fully saturated rings. The van der Waals surface area contributed by atoms with Gasteiger partial charge in [-0.15, -0.1) is 0 Å². The van der Waals surface area contributed by atoms with E-state index in [4.69, 9.17) is 4.74 Å². The first-order chi connectivity index (χ1) is 18.0. The summed E-state index contributed by atoms with van der Waals surface area (Å²) in [7, 11) is 0. The zero-order chi connectivity index (χ0) is 25.8. The quantitative estimate of drug-likeness (QED) is 0.115. The molecule has 0 spiro atoms. The molecule has 1 aliphatic heterocycles. The third-order valence-electron chi connectivity index (χ3n) is 5.64. The maximum absolute atomic E-state index is 13.4. The number of ether oxygens (including phenoxy) is 1. The van der Waals surface area contributed by atoms with Crippen molar-refractivity contribution < 1.29 is 19.2 Å². The lowest BCUT2D eigenvalue weighted by atomic mass is 10.0. The largest absolute Gasteiger partial charge is 0.423 e. The fourth-order valence-electron chi connectivity index (χ4n) is 3.78. The van der Waals surface area contributed by atoms with Gasteiger partial charge in [0, 0.05) is 17.7 Å². The third-order valence-corrected chi connectivity index (χ3v) is 5.64. The Balaban J connectivity index is 1.39. The van der Waals surface area contributed by atoms with Crippen molar-refractivity contribution in [1.29, 1.82) is 0 Å². The second-order valence-electron chi connectivity index (χ2n) is 8.09. The molecule has 0 saturated carbocycles. The Hall–Kier alpha value is -5.37. The summed E-state index contributed by atoms with van der Waals surface area (Å²) in [5, 5.41) is 16.8. The number of carbonyl (C=O) groups excluding carboxylic acids is 2. The van der Waals surface area contributed by atoms with Gasteiger partial charge in [0.25, 0.3) is 11.6 Å². The Labute approximate surface area is 211 Å². The van der Waals surface area contributed by atoms with Crippen LogP contribution in [-0.2, 0) is 4.79 Å². The number of hydrogen-bond acceptors (Lipinski definition) is 6. The molecule has 0 N–H and O–H groups in total. The summed E-state index contributed by atoms with van der Waals surface area (Å²) in [6.45, 7) is 0. The summed E-state index contributed by atoms with van der Waals surface area (Å²) < 4.78 is 5.38. The Kier molecular flexibility index (Phi) is 6.37. The maximum Gasteiger partial charge on any atom is 0.343 e. The van der Waals surface area contributed by atoms with E-state index in [1.807, 2.05) is 60.7 Å². The molecule has 0 radical (unpaired) electrons. The average molecular weight is 489 g/mol. The molecule has 1 heterocycles. The minimum absolute atomic E-state index is 0.111. The van der Waals surface area contributed by atoms with E-state index in [0.717, 1.165) is 11.1 Å². The first-order valence-electron chi connectivity index (χ1n) is 11.3. The highest BCUT2D eigenvalue weighted by atomic mass is 16.6. The van der Waals surface area contributed by atoms with Gasteiger partial charge in [-0.3, -0.25) is 14.9 Å². The van der Waals surface area contributed by atoms with Crippen LogP contribution in [0.5, 0.6) is 5.75 Å². The van der Waals surface area contributed by atoms with Gasteiger partial charge in [-0.2, -0.15) is 10.1 Å². The molecular formula is C29H19N3O5. The highest BCUT2D eigenvalue weighted by molar-refractivity contribution is 6.37. The smallest absolute Gasteiger partial charge is 0.343 e. The Morgan fingerprint density at radius 1 is 0.838 bits per heavy atom. The molecule has 37 heavy (non-hydrogen) atoms. The van der Waals surface area contributed by atoms with Gasteiger partial charge >= 0.3 is 5.97 Å². The lowest BCUT2D eigenvalue weighted by Crippen LogP contribution is -2.21. The molecule has 0 aliphatic carbocycles. The lowest BCUT2D eigenvalue weighted by molar-refractivity contribution is -0.384. The van der Waals surface area contributed by atoms with Crippen molar-refractivity contribution in [3.05, 3.63) is 142 Å². The van der Waals surface area contributed by atoms with Crippen molar-refractivity contribution >= 4 is 35.0 Å². The number of carbonyl (C=O) groups is 2. The minimum atomic E-state index is -0.635. The van der Waals surface area contributed by atoms with Crippen LogP contribution in [0.2, 0.25) is 0 Å². The standard InChI is InChI=1S/C29H19N3O5/c33-28-26(27(21-7-3-1-4-8-21)30-31(28)23-9-5-2-6-10-23)19-20-11-17-25(18-12-20)37-29(34)22-13-15-24(16-14-22)32(35)36/h1-19H/b26-19+. The van der Waals surface area contributed by atoms with E-state index >= 15 is 0 Å². The third kappa shape index (κ3) is 5.03. The summed E-state index contributed by atoms with van der Waals surface area (Å²) in [6.07, 6.45) is 1.75. The van der Waals surface area contributed by atoms with Gasteiger partial charge in [-0.05, 0) is 48.0 Å². The SMILES string of the molecule is O=C(Oc1ccc(/C=C2/C(=O)N(c3ccccc3)N=C2c2ccccc2)cc1)c1ccc([N+](=O)[O-])cc1. The van der Waals surface area contributed by atoms with Gasteiger partial charge < -0.3 is 4.74 Å². The molecular weight excluding hydrogens is 470 g/mol. The van der Waals surface area contributed by atoms with Crippen LogP contribution < -0.4 is 9.75 Å². The molecule has 0 saturated heterocycles. The van der Waals surface area contributed by atoms with E-state index in [1.165, 1.54) is 29.3 Å². The number of amides is 1. The number of nitro groups is 1. The van der Waals surface area contributed by atoms with Gasteiger partial charge in [0.15, 0.2) is 0 Å². The summed E-state index contributed by atoms with van der Waals surface area (Å²) in [6, 6.07) is 30.5. The van der Waals surface area contributed by atoms with Crippen LogP contribution in [0.3, 0.4) is 0 Å². The second kappa shape index (κ2) is 10.1. The average Bonchev–Trinajstić information content (AvgIpc) is 3.26. The van der Waals surface area contributed by atoms with Crippen LogP contribution in [-0.4, -0.2) is 22.5 Å². The molecule has 4 aromatic rings. The monoisotopic (exact) mass is 489 g/mol. The zero-order valence-corrected chi connectivity index (χ0v) is 19.4. The van der Waals surface area contributed by atoms with E-state index < -0.39 is 10.9 Å². The number of para-hydroxylation sites is 1. The van der Waals surface area contributed by atoms with Gasteiger partial charge in [-0.25, -0.2) is 4.79 Å². The molecule has 8 nitrogen and oxygen atoms in total. The molecule has 1 amide bonds. The highest BCUT2D eigenvalue weighted by Gasteiger charge is 2.31. The van der Waals surface area contributed by atoms with Crippen LogP contribution in [0.1, 0.15) is 21.5 Å². The van der Waals surface area contributed by atoms with Crippen LogP contribution in [0, 0.1) is 10.1 Å². The van der Waals surface area contributed by atoms with Crippen LogP contribution in [0.4, 0.5) is 11.4 Å². The summed E-state index contributed by atoms with van der Waals surface area (Å²) in [5.74, 6) is -0.589. The predicted octanol–water partition coefficient (Wildman–Crippen LogP) is 5.65. The minimum Gasteiger partial charge on any atom is -0.423 e. The normalized spacial score (nSPS) is 13.9. The van der Waals surface area contributed by atoms with E-state index in [9.17, 15) is 19.7 Å². The van der Waals surface area contributed by atoms with Gasteiger partial charge in [-0.1, -0.05) is 60.7 Å². The van der Waals surface area contributed by atoms with Crippen molar-refractivity contribution in [3.63, 3.8) is 0 Å². The Bertz CT molecular complexity index is 1530. The van der Waals surface area contributed by atoms with Crippen LogP contribution in [0.15, 0.2) is 120 Å². The first-order valence-corrected chi connectivity index (χ1v) is 11.3. The van der Waals surface area contributed by atoms with Crippen molar-refractivity contribution in [1.82, 2.24) is 0 Å². The Morgan fingerprint density at radius 3 is 2.08 bits per heavy atom. The van der Waals surface area contributed by atoms with Crippen LogP contribution in [0.25, 0.3) is 6.08 Å². The number of nitro benzene ring substituents is 1. The molecule has 5 rings (SSSR count). The van der Waals surface area contributed by atoms with E-state index in [2.05, 4.69) is 5.10 Å². The van der Waals surface area contributed by atoms with Crippen molar-refractivity contribution in [2.75, 3.05) is 5.01 Å². The van der Waals surface area contributed by atoms with E-state index in [0.29, 0.717) is 22.7 Å². The summed E-state index contributed by atoms with van der Waals surface area (Å²) >= 11 is 0. The Morgan fingerprint density at radius 2 is 1.46 bits per heavy atom. The number of nitrogens with zero attached hydrogens (tertiary/aromatic N) is 3. The first kappa shape index (κ1) is 23.4. The number of rotatable bonds is 6. The fraction of sp³-hybridized carbons (Fsp3) is 0. The molecule has 4 aromatic carbocycles. The van der Waals surface area contributed by atoms with Gasteiger partial charge in [0.2, 0.25) is 0 Å². The molecule has 0 bridgehead atoms. The summed E-state index contributed by atoms with van der Waals surface area (Å²) in [4.78, 5) is 36.0. The number of benzene rings is 4. The topological polar surface area (TPSA) is 102 Å². The molecule has 1 aliphatic rings. The number of anilines is 1.